The predicted octanol–water partition coefficient (Wildman–Crippen LogP) is 2.36. The van der Waals surface area contributed by atoms with Gasteiger partial charge in [-0.15, -0.1) is 0 Å². The number of likely N-dealkylation sites (tertiary alicyclic amines) is 1. The molecule has 4 rings (SSSR count). The summed E-state index contributed by atoms with van der Waals surface area (Å²) in [4.78, 5) is 19.7. The summed E-state index contributed by atoms with van der Waals surface area (Å²) in [5.41, 5.74) is 9.77. The van der Waals surface area contributed by atoms with E-state index in [-0.39, 0.29) is 12.0 Å². The van der Waals surface area contributed by atoms with Gasteiger partial charge in [0.2, 0.25) is 0 Å². The van der Waals surface area contributed by atoms with Gasteiger partial charge in [0.25, 0.3) is 5.91 Å². The maximum absolute atomic E-state index is 12.1. The molecule has 2 aliphatic rings. The van der Waals surface area contributed by atoms with Crippen LogP contribution in [-0.2, 0) is 0 Å². The SMILES string of the molecule is CCOc1cc2c(cc1OC)C(c1ccc(C(=O)NC(=N)N)cc1)=N[C@@H]1CCN(C)C[C@H]21. The summed E-state index contributed by atoms with van der Waals surface area (Å²) >= 11 is 0. The molecule has 0 aliphatic carbocycles. The number of fused-ring (bicyclic) bond motifs is 3. The molecule has 0 unspecified atom stereocenters. The number of aliphatic imine (C=N–C) groups is 1. The molecule has 1 saturated heterocycles. The summed E-state index contributed by atoms with van der Waals surface area (Å²) in [6.45, 7) is 4.48. The van der Waals surface area contributed by atoms with Crippen LogP contribution in [0.4, 0.5) is 0 Å². The number of carbonyl (C=O) groups is 1. The maximum Gasteiger partial charge on any atom is 0.257 e. The van der Waals surface area contributed by atoms with Gasteiger partial charge in [0.1, 0.15) is 0 Å². The fraction of sp³-hybridized carbons (Fsp3) is 0.375. The quantitative estimate of drug-likeness (QED) is 0.493. The van der Waals surface area contributed by atoms with Crippen LogP contribution in [0, 0.1) is 5.41 Å². The normalized spacial score (nSPS) is 19.9. The molecule has 4 N–H and O–H groups in total. The second-order valence-corrected chi connectivity index (χ2v) is 8.17. The number of ether oxygens (including phenoxy) is 2. The molecule has 8 nitrogen and oxygen atoms in total. The van der Waals surface area contributed by atoms with Crippen LogP contribution in [0.3, 0.4) is 0 Å². The van der Waals surface area contributed by atoms with Crippen molar-refractivity contribution in [3.05, 3.63) is 58.7 Å². The van der Waals surface area contributed by atoms with E-state index in [9.17, 15) is 4.79 Å². The fourth-order valence-electron chi connectivity index (χ4n) is 4.52. The summed E-state index contributed by atoms with van der Waals surface area (Å²) in [5, 5.41) is 9.55. The van der Waals surface area contributed by atoms with Crippen molar-refractivity contribution in [2.24, 2.45) is 10.7 Å². The van der Waals surface area contributed by atoms with E-state index >= 15 is 0 Å². The number of benzene rings is 2. The van der Waals surface area contributed by atoms with Gasteiger partial charge < -0.3 is 20.1 Å². The van der Waals surface area contributed by atoms with Gasteiger partial charge in [-0.3, -0.25) is 20.5 Å². The Balaban J connectivity index is 1.77. The molecule has 0 saturated carbocycles. The number of hydrogen-bond acceptors (Lipinski definition) is 6. The Morgan fingerprint density at radius 3 is 2.69 bits per heavy atom. The molecule has 168 valence electrons. The van der Waals surface area contributed by atoms with E-state index in [0.717, 1.165) is 42.1 Å². The van der Waals surface area contributed by atoms with Crippen LogP contribution >= 0.6 is 0 Å². The van der Waals surface area contributed by atoms with Crippen LogP contribution in [0.25, 0.3) is 0 Å². The van der Waals surface area contributed by atoms with Crippen molar-refractivity contribution in [1.82, 2.24) is 10.2 Å². The van der Waals surface area contributed by atoms with Gasteiger partial charge in [0.15, 0.2) is 17.5 Å². The summed E-state index contributed by atoms with van der Waals surface area (Å²) in [7, 11) is 3.79. The predicted molar refractivity (Wildman–Crippen MR) is 124 cm³/mol. The van der Waals surface area contributed by atoms with E-state index in [1.54, 1.807) is 19.2 Å². The standard InChI is InChI=1S/C24H29N5O3/c1-4-32-21-11-16-17(12-20(21)31-3)22(27-19-9-10-29(2)13-18(16)19)14-5-7-15(8-6-14)23(30)28-24(25)26/h5-8,11-12,18-19H,4,9-10,13H2,1-3H3,(H4,25,26,28,30)/t18-,19-/m1/s1. The number of methoxy groups -OCH3 is 1. The van der Waals surface area contributed by atoms with E-state index in [2.05, 4.69) is 23.3 Å². The van der Waals surface area contributed by atoms with Gasteiger partial charge in [-0.25, -0.2) is 0 Å². The average Bonchev–Trinajstić information content (AvgIpc) is 2.78. The molecular formula is C24H29N5O3. The first-order chi connectivity index (χ1) is 15.4. The molecule has 0 spiro atoms. The number of nitrogens with one attached hydrogen (secondary N) is 2. The van der Waals surface area contributed by atoms with Crippen LogP contribution < -0.4 is 20.5 Å². The fourth-order valence-corrected chi connectivity index (χ4v) is 4.52. The first kappa shape index (κ1) is 21.8. The van der Waals surface area contributed by atoms with Crippen molar-refractivity contribution in [3.63, 3.8) is 0 Å². The van der Waals surface area contributed by atoms with Crippen molar-refractivity contribution in [3.8, 4) is 11.5 Å². The highest BCUT2D eigenvalue weighted by molar-refractivity contribution is 6.15. The van der Waals surface area contributed by atoms with Crippen molar-refractivity contribution in [1.29, 1.82) is 5.41 Å². The number of carbonyl (C=O) groups excluding carboxylic acids is 1. The molecule has 1 fully saturated rings. The first-order valence-corrected chi connectivity index (χ1v) is 10.8. The smallest absolute Gasteiger partial charge is 0.257 e. The highest BCUT2D eigenvalue weighted by atomic mass is 16.5. The van der Waals surface area contributed by atoms with E-state index in [1.165, 1.54) is 5.56 Å². The minimum atomic E-state index is -0.409. The monoisotopic (exact) mass is 435 g/mol. The number of nitrogens with zero attached hydrogens (tertiary/aromatic N) is 2. The zero-order chi connectivity index (χ0) is 22.8. The first-order valence-electron chi connectivity index (χ1n) is 10.8. The number of hydrogen-bond donors (Lipinski definition) is 3. The summed E-state index contributed by atoms with van der Waals surface area (Å²) in [5.74, 6) is 0.929. The van der Waals surface area contributed by atoms with Crippen LogP contribution in [0.5, 0.6) is 11.5 Å². The molecule has 2 atom stereocenters. The molecule has 0 aromatic heterocycles. The Labute approximate surface area is 187 Å². The molecule has 1 amide bonds. The lowest BCUT2D eigenvalue weighted by molar-refractivity contribution is 0.0976. The Hall–Kier alpha value is -3.39. The van der Waals surface area contributed by atoms with Gasteiger partial charge in [-0.1, -0.05) is 12.1 Å². The molecule has 2 aliphatic heterocycles. The van der Waals surface area contributed by atoms with Crippen molar-refractivity contribution in [2.75, 3.05) is 33.9 Å². The number of nitrogens with two attached hydrogens (primary N) is 1. The maximum atomic E-state index is 12.1. The number of likely N-dealkylation sites (N-methyl/N-ethyl adjacent to an activating group) is 1. The van der Waals surface area contributed by atoms with Gasteiger partial charge in [-0.2, -0.15) is 0 Å². The Morgan fingerprint density at radius 1 is 1.28 bits per heavy atom. The average molecular weight is 436 g/mol. The van der Waals surface area contributed by atoms with E-state index in [4.69, 9.17) is 25.6 Å². The van der Waals surface area contributed by atoms with Gasteiger partial charge in [0.05, 0.1) is 25.5 Å². The number of piperidine rings is 1. The van der Waals surface area contributed by atoms with Crippen LogP contribution in [0.1, 0.15) is 46.3 Å². The van der Waals surface area contributed by atoms with Gasteiger partial charge in [0, 0.05) is 29.2 Å². The van der Waals surface area contributed by atoms with Gasteiger partial charge in [-0.05, 0) is 56.8 Å². The zero-order valence-corrected chi connectivity index (χ0v) is 18.6. The number of amides is 1. The largest absolute Gasteiger partial charge is 0.493 e. The molecule has 32 heavy (non-hydrogen) atoms. The van der Waals surface area contributed by atoms with Crippen LogP contribution in [0.2, 0.25) is 0 Å². The van der Waals surface area contributed by atoms with E-state index in [1.807, 2.05) is 25.1 Å². The molecule has 2 aromatic carbocycles. The number of guanidine groups is 1. The lowest BCUT2D eigenvalue weighted by Crippen LogP contribution is -2.41. The Morgan fingerprint density at radius 2 is 2.03 bits per heavy atom. The van der Waals surface area contributed by atoms with Crippen molar-refractivity contribution >= 4 is 17.6 Å². The topological polar surface area (TPSA) is 113 Å². The second-order valence-electron chi connectivity index (χ2n) is 8.17. The Bertz CT molecular complexity index is 1060. The lowest BCUT2D eigenvalue weighted by atomic mass is 9.79. The molecule has 0 bridgehead atoms. The van der Waals surface area contributed by atoms with Gasteiger partial charge >= 0.3 is 0 Å². The minimum absolute atomic E-state index is 0.192. The van der Waals surface area contributed by atoms with Crippen LogP contribution in [-0.4, -0.2) is 62.4 Å². The molecular weight excluding hydrogens is 406 g/mol. The van der Waals surface area contributed by atoms with Crippen LogP contribution in [0.15, 0.2) is 41.4 Å². The summed E-state index contributed by atoms with van der Waals surface area (Å²) < 4.78 is 11.5. The third-order valence-electron chi connectivity index (χ3n) is 6.03. The number of rotatable bonds is 5. The van der Waals surface area contributed by atoms with E-state index < -0.39 is 5.91 Å². The highest BCUT2D eigenvalue weighted by Crippen LogP contribution is 2.42. The highest BCUT2D eigenvalue weighted by Gasteiger charge is 2.36. The Kier molecular flexibility index (Phi) is 6.14. The van der Waals surface area contributed by atoms with E-state index in [0.29, 0.717) is 23.8 Å². The molecule has 2 aromatic rings. The van der Waals surface area contributed by atoms with Crippen molar-refractivity contribution in [2.45, 2.75) is 25.3 Å². The lowest BCUT2D eigenvalue weighted by Gasteiger charge is -2.39. The molecule has 8 heteroatoms. The zero-order valence-electron chi connectivity index (χ0n) is 18.6. The molecule has 2 heterocycles. The second kappa shape index (κ2) is 9.00. The molecule has 0 radical (unpaired) electrons. The minimum Gasteiger partial charge on any atom is -0.493 e. The third-order valence-corrected chi connectivity index (χ3v) is 6.03. The van der Waals surface area contributed by atoms with Crippen molar-refractivity contribution < 1.29 is 14.3 Å². The summed E-state index contributed by atoms with van der Waals surface area (Å²) in [6.07, 6.45) is 0.985. The third kappa shape index (κ3) is 4.18. The summed E-state index contributed by atoms with van der Waals surface area (Å²) in [6, 6.07) is 11.5.